The molecule has 0 saturated carbocycles. The second-order valence-electron chi connectivity index (χ2n) is 4.98. The fourth-order valence-electron chi connectivity index (χ4n) is 2.25. The van der Waals surface area contributed by atoms with Crippen LogP contribution < -0.4 is 10.6 Å². The number of carbonyl (C=O) groups excluding carboxylic acids is 2. The first-order chi connectivity index (χ1) is 10.7. The molecule has 2 heterocycles. The van der Waals surface area contributed by atoms with Crippen molar-refractivity contribution in [3.05, 3.63) is 48.4 Å². The zero-order valence-corrected chi connectivity index (χ0v) is 12.7. The largest absolute Gasteiger partial charge is 0.469 e. The van der Waals surface area contributed by atoms with Crippen molar-refractivity contribution in [2.75, 3.05) is 11.9 Å². The molecule has 5 nitrogen and oxygen atoms in total. The predicted octanol–water partition coefficient (Wildman–Crippen LogP) is 2.44. The van der Waals surface area contributed by atoms with Gasteiger partial charge in [-0.15, -0.1) is 11.8 Å². The molecule has 1 unspecified atom stereocenters. The third-order valence-electron chi connectivity index (χ3n) is 3.35. The van der Waals surface area contributed by atoms with Gasteiger partial charge >= 0.3 is 0 Å². The van der Waals surface area contributed by atoms with Crippen molar-refractivity contribution in [1.82, 2.24) is 5.32 Å². The molecule has 0 aliphatic carbocycles. The van der Waals surface area contributed by atoms with Gasteiger partial charge in [-0.3, -0.25) is 9.59 Å². The number of rotatable bonds is 5. The maximum absolute atomic E-state index is 12.0. The van der Waals surface area contributed by atoms with Crippen LogP contribution in [0.4, 0.5) is 5.69 Å². The summed E-state index contributed by atoms with van der Waals surface area (Å²) in [6.07, 6.45) is 2.42. The molecule has 2 N–H and O–H groups in total. The average molecular weight is 316 g/mol. The molecule has 1 aliphatic rings. The quantitative estimate of drug-likeness (QED) is 0.889. The van der Waals surface area contributed by atoms with Gasteiger partial charge in [-0.2, -0.15) is 0 Å². The van der Waals surface area contributed by atoms with Crippen LogP contribution in [-0.2, 0) is 16.0 Å². The van der Waals surface area contributed by atoms with E-state index in [0.717, 1.165) is 16.3 Å². The Balaban J connectivity index is 1.50. The highest BCUT2D eigenvalue weighted by Crippen LogP contribution is 2.36. The van der Waals surface area contributed by atoms with Crippen LogP contribution in [0.2, 0.25) is 0 Å². The smallest absolute Gasteiger partial charge is 0.238 e. The molecule has 1 aromatic carbocycles. The van der Waals surface area contributed by atoms with Crippen molar-refractivity contribution in [2.24, 2.45) is 0 Å². The van der Waals surface area contributed by atoms with Crippen LogP contribution in [0.25, 0.3) is 0 Å². The number of hydrogen-bond acceptors (Lipinski definition) is 4. The minimum atomic E-state index is -0.390. The third kappa shape index (κ3) is 3.51. The summed E-state index contributed by atoms with van der Waals surface area (Å²) in [5.41, 5.74) is 0.812. The number of amides is 2. The lowest BCUT2D eigenvalue weighted by molar-refractivity contribution is -0.124. The Hall–Kier alpha value is -2.21. The average Bonchev–Trinajstić information content (AvgIpc) is 3.01. The van der Waals surface area contributed by atoms with E-state index in [1.807, 2.05) is 36.4 Å². The topological polar surface area (TPSA) is 71.3 Å². The Kier molecular flexibility index (Phi) is 4.48. The van der Waals surface area contributed by atoms with E-state index < -0.39 is 5.25 Å². The van der Waals surface area contributed by atoms with E-state index in [0.29, 0.717) is 13.0 Å². The number of benzene rings is 1. The molecule has 0 fully saturated rings. The van der Waals surface area contributed by atoms with Gasteiger partial charge in [-0.25, -0.2) is 0 Å². The number of thioether (sulfide) groups is 1. The summed E-state index contributed by atoms with van der Waals surface area (Å²) in [5.74, 6) is 0.586. The van der Waals surface area contributed by atoms with E-state index in [1.165, 1.54) is 11.8 Å². The SMILES string of the molecule is O=C(CC1Sc2ccccc2NC1=O)NCCc1ccco1. The fourth-order valence-corrected chi connectivity index (χ4v) is 3.36. The molecule has 22 heavy (non-hydrogen) atoms. The molecule has 0 bridgehead atoms. The van der Waals surface area contributed by atoms with Crippen LogP contribution in [0, 0.1) is 0 Å². The van der Waals surface area contributed by atoms with Crippen LogP contribution in [0.15, 0.2) is 52.0 Å². The molecule has 0 saturated heterocycles. The number of para-hydroxylation sites is 1. The third-order valence-corrected chi connectivity index (χ3v) is 4.63. The van der Waals surface area contributed by atoms with Crippen molar-refractivity contribution in [3.63, 3.8) is 0 Å². The molecule has 0 radical (unpaired) electrons. The summed E-state index contributed by atoms with van der Waals surface area (Å²) in [6.45, 7) is 0.502. The van der Waals surface area contributed by atoms with Crippen LogP contribution in [0.5, 0.6) is 0 Å². The van der Waals surface area contributed by atoms with Gasteiger partial charge in [0.1, 0.15) is 5.76 Å². The molecule has 2 aromatic rings. The molecule has 0 spiro atoms. The lowest BCUT2D eigenvalue weighted by atomic mass is 10.2. The zero-order valence-electron chi connectivity index (χ0n) is 11.9. The Morgan fingerprint density at radius 1 is 1.27 bits per heavy atom. The zero-order chi connectivity index (χ0) is 15.4. The molecule has 3 rings (SSSR count). The molecule has 6 heteroatoms. The first-order valence-corrected chi connectivity index (χ1v) is 7.96. The maximum Gasteiger partial charge on any atom is 0.238 e. The Morgan fingerprint density at radius 2 is 2.14 bits per heavy atom. The molecular weight excluding hydrogens is 300 g/mol. The van der Waals surface area contributed by atoms with Crippen molar-refractivity contribution in [2.45, 2.75) is 23.0 Å². The summed E-state index contributed by atoms with van der Waals surface area (Å²) < 4.78 is 5.20. The van der Waals surface area contributed by atoms with E-state index in [-0.39, 0.29) is 18.2 Å². The van der Waals surface area contributed by atoms with Gasteiger partial charge in [0.05, 0.1) is 17.2 Å². The Bertz CT molecular complexity index is 670. The number of furan rings is 1. The van der Waals surface area contributed by atoms with Crippen LogP contribution >= 0.6 is 11.8 Å². The van der Waals surface area contributed by atoms with Gasteiger partial charge in [-0.1, -0.05) is 12.1 Å². The highest BCUT2D eigenvalue weighted by Gasteiger charge is 2.28. The van der Waals surface area contributed by atoms with E-state index in [9.17, 15) is 9.59 Å². The number of fused-ring (bicyclic) bond motifs is 1. The van der Waals surface area contributed by atoms with Crippen LogP contribution in [-0.4, -0.2) is 23.6 Å². The van der Waals surface area contributed by atoms with Crippen molar-refractivity contribution in [1.29, 1.82) is 0 Å². The summed E-state index contributed by atoms with van der Waals surface area (Å²) in [4.78, 5) is 25.0. The summed E-state index contributed by atoms with van der Waals surface area (Å²) in [5, 5.41) is 5.27. The first-order valence-electron chi connectivity index (χ1n) is 7.08. The van der Waals surface area contributed by atoms with Gasteiger partial charge in [0.2, 0.25) is 11.8 Å². The molecular formula is C16H16N2O3S. The lowest BCUT2D eigenvalue weighted by Crippen LogP contribution is -2.35. The van der Waals surface area contributed by atoms with E-state index in [4.69, 9.17) is 4.42 Å². The molecule has 114 valence electrons. The fraction of sp³-hybridized carbons (Fsp3) is 0.250. The van der Waals surface area contributed by atoms with Crippen LogP contribution in [0.1, 0.15) is 12.2 Å². The van der Waals surface area contributed by atoms with Gasteiger partial charge < -0.3 is 15.1 Å². The molecule has 1 aromatic heterocycles. The minimum Gasteiger partial charge on any atom is -0.469 e. The molecule has 1 atom stereocenters. The second kappa shape index (κ2) is 6.70. The molecule has 1 aliphatic heterocycles. The Morgan fingerprint density at radius 3 is 2.95 bits per heavy atom. The number of carbonyl (C=O) groups is 2. The van der Waals surface area contributed by atoms with E-state index in [2.05, 4.69) is 10.6 Å². The van der Waals surface area contributed by atoms with Gasteiger partial charge in [0.15, 0.2) is 0 Å². The normalized spacial score (nSPS) is 16.7. The lowest BCUT2D eigenvalue weighted by Gasteiger charge is -2.23. The maximum atomic E-state index is 12.0. The summed E-state index contributed by atoms with van der Waals surface area (Å²) >= 11 is 1.43. The van der Waals surface area contributed by atoms with E-state index >= 15 is 0 Å². The number of hydrogen-bond donors (Lipinski definition) is 2. The highest BCUT2D eigenvalue weighted by molar-refractivity contribution is 8.01. The monoisotopic (exact) mass is 316 g/mol. The summed E-state index contributed by atoms with van der Waals surface area (Å²) in [7, 11) is 0. The van der Waals surface area contributed by atoms with Crippen molar-refractivity contribution in [3.8, 4) is 0 Å². The van der Waals surface area contributed by atoms with Gasteiger partial charge in [0, 0.05) is 24.3 Å². The highest BCUT2D eigenvalue weighted by atomic mass is 32.2. The Labute approximate surface area is 132 Å². The second-order valence-corrected chi connectivity index (χ2v) is 6.22. The van der Waals surface area contributed by atoms with Crippen molar-refractivity contribution < 1.29 is 14.0 Å². The number of anilines is 1. The predicted molar refractivity (Wildman–Crippen MR) is 84.8 cm³/mol. The first kappa shape index (κ1) is 14.7. The standard InChI is InChI=1S/C16H16N2O3S/c19-15(17-8-7-11-4-3-9-21-11)10-14-16(20)18-12-5-1-2-6-13(12)22-14/h1-6,9,14H,7-8,10H2,(H,17,19)(H,18,20). The van der Waals surface area contributed by atoms with E-state index in [1.54, 1.807) is 6.26 Å². The molecule has 2 amide bonds. The minimum absolute atomic E-state index is 0.120. The number of nitrogens with one attached hydrogen (secondary N) is 2. The van der Waals surface area contributed by atoms with Crippen LogP contribution in [0.3, 0.4) is 0 Å². The van der Waals surface area contributed by atoms with Gasteiger partial charge in [-0.05, 0) is 24.3 Å². The summed E-state index contributed by atoms with van der Waals surface area (Å²) in [6, 6.07) is 11.3. The van der Waals surface area contributed by atoms with Crippen molar-refractivity contribution >= 4 is 29.3 Å². The van der Waals surface area contributed by atoms with Gasteiger partial charge in [0.25, 0.3) is 0 Å².